The highest BCUT2D eigenvalue weighted by atomic mass is 32.2. The summed E-state index contributed by atoms with van der Waals surface area (Å²) in [6, 6.07) is 17.8. The summed E-state index contributed by atoms with van der Waals surface area (Å²) in [4.78, 5) is 5.58. The van der Waals surface area contributed by atoms with Crippen molar-refractivity contribution in [2.24, 2.45) is 0 Å². The van der Waals surface area contributed by atoms with Gasteiger partial charge in [0.05, 0.1) is 0 Å². The summed E-state index contributed by atoms with van der Waals surface area (Å²) >= 11 is 5.62. The van der Waals surface area contributed by atoms with Gasteiger partial charge in [-0.15, -0.1) is 34.9 Å². The number of hydrogen-bond donors (Lipinski definition) is 0. The molecule has 0 bridgehead atoms. The summed E-state index contributed by atoms with van der Waals surface area (Å²) in [6.07, 6.45) is 4.36. The van der Waals surface area contributed by atoms with Crippen LogP contribution in [0.4, 0.5) is 0 Å². The third kappa shape index (κ3) is 3.37. The molecule has 1 heterocycles. The molecule has 0 radical (unpaired) electrons. The Morgan fingerprint density at radius 3 is 1.26 bits per heavy atom. The minimum absolute atomic E-state index is 1.31. The topological polar surface area (TPSA) is 0 Å². The Morgan fingerprint density at radius 1 is 0.609 bits per heavy atom. The van der Waals surface area contributed by atoms with Crippen LogP contribution < -0.4 is 0 Å². The van der Waals surface area contributed by atoms with Gasteiger partial charge in [0.1, 0.15) is 0 Å². The van der Waals surface area contributed by atoms with Crippen LogP contribution in [0.25, 0.3) is 20.9 Å². The first kappa shape index (κ1) is 16.7. The normalized spacial score (nSPS) is 11.0. The van der Waals surface area contributed by atoms with E-state index in [9.17, 15) is 0 Å². The molecule has 1 aromatic heterocycles. The lowest BCUT2D eigenvalue weighted by atomic mass is 10.1. The summed E-state index contributed by atoms with van der Waals surface area (Å²) in [5, 5.41) is 0. The molecule has 0 N–H and O–H groups in total. The van der Waals surface area contributed by atoms with Gasteiger partial charge in [-0.25, -0.2) is 0 Å². The van der Waals surface area contributed by atoms with Gasteiger partial charge in [-0.3, -0.25) is 0 Å². The van der Waals surface area contributed by atoms with E-state index in [1.165, 1.54) is 41.8 Å². The molecule has 0 aliphatic carbocycles. The predicted molar refractivity (Wildman–Crippen MR) is 108 cm³/mol. The molecule has 0 spiro atoms. The Balaban J connectivity index is 2.18. The van der Waals surface area contributed by atoms with E-state index in [4.69, 9.17) is 0 Å². The molecule has 0 saturated heterocycles. The fourth-order valence-electron chi connectivity index (χ4n) is 2.56. The summed E-state index contributed by atoms with van der Waals surface area (Å²) in [6.45, 7) is 4.28. The molecule has 3 heteroatoms. The van der Waals surface area contributed by atoms with Gasteiger partial charge in [0.15, 0.2) is 0 Å². The van der Waals surface area contributed by atoms with Gasteiger partial charge in [0, 0.05) is 19.5 Å². The highest BCUT2D eigenvalue weighted by Gasteiger charge is 2.19. The Labute approximate surface area is 151 Å². The van der Waals surface area contributed by atoms with E-state index in [1.54, 1.807) is 0 Å². The summed E-state index contributed by atoms with van der Waals surface area (Å²) < 4.78 is 0. The third-order valence-electron chi connectivity index (χ3n) is 3.86. The molecule has 0 saturated carbocycles. The largest absolute Gasteiger partial charge is 0.133 e. The molecule has 2 aromatic carbocycles. The smallest absolute Gasteiger partial charge is 0.0496 e. The van der Waals surface area contributed by atoms with Crippen LogP contribution in [0.15, 0.2) is 58.3 Å². The Kier molecular flexibility index (Phi) is 5.20. The molecule has 0 amide bonds. The van der Waals surface area contributed by atoms with Crippen LogP contribution in [0.2, 0.25) is 0 Å². The zero-order chi connectivity index (χ0) is 16.4. The van der Waals surface area contributed by atoms with Crippen molar-refractivity contribution >= 4 is 34.9 Å². The van der Waals surface area contributed by atoms with E-state index in [2.05, 4.69) is 74.9 Å². The molecule has 0 unspecified atom stereocenters. The van der Waals surface area contributed by atoms with E-state index in [0.29, 0.717) is 0 Å². The van der Waals surface area contributed by atoms with E-state index < -0.39 is 0 Å². The van der Waals surface area contributed by atoms with Crippen molar-refractivity contribution < 1.29 is 0 Å². The highest BCUT2D eigenvalue weighted by Crippen LogP contribution is 2.50. The van der Waals surface area contributed by atoms with Crippen molar-refractivity contribution in [2.45, 2.75) is 23.6 Å². The lowest BCUT2D eigenvalue weighted by Gasteiger charge is -2.05. The van der Waals surface area contributed by atoms with Gasteiger partial charge in [0.25, 0.3) is 0 Å². The molecule has 0 nitrogen and oxygen atoms in total. The quantitative estimate of drug-likeness (QED) is 0.455. The van der Waals surface area contributed by atoms with Crippen LogP contribution in [0.5, 0.6) is 0 Å². The van der Waals surface area contributed by atoms with E-state index in [0.717, 1.165) is 0 Å². The van der Waals surface area contributed by atoms with Crippen molar-refractivity contribution in [1.82, 2.24) is 0 Å². The van der Waals surface area contributed by atoms with Gasteiger partial charge < -0.3 is 0 Å². The third-order valence-corrected chi connectivity index (χ3v) is 7.17. The average Bonchev–Trinajstić information content (AvgIpc) is 2.94. The Morgan fingerprint density at radius 2 is 0.957 bits per heavy atom. The maximum absolute atomic E-state index is 2.24. The molecule has 3 rings (SSSR count). The van der Waals surface area contributed by atoms with Crippen molar-refractivity contribution in [3.63, 3.8) is 0 Å². The fraction of sp³-hybridized carbons (Fsp3) is 0.200. The van der Waals surface area contributed by atoms with E-state index in [1.807, 2.05) is 34.9 Å². The van der Waals surface area contributed by atoms with Gasteiger partial charge in [0.2, 0.25) is 0 Å². The molecular formula is C20H20S3. The first-order valence-corrected chi connectivity index (χ1v) is 10.8. The second kappa shape index (κ2) is 7.16. The lowest BCUT2D eigenvalue weighted by molar-refractivity contribution is 1.33. The standard InChI is InChI=1S/C20H20S3/c1-13-5-9-15(10-6-13)17-19(21-3)20(22-4)18(23-17)16-11-7-14(2)8-12-16/h5-12H,1-4H3. The van der Waals surface area contributed by atoms with Crippen molar-refractivity contribution in [3.8, 4) is 20.9 Å². The first-order chi connectivity index (χ1) is 11.1. The van der Waals surface area contributed by atoms with Gasteiger partial charge in [-0.2, -0.15) is 0 Å². The molecule has 118 valence electrons. The molecule has 0 atom stereocenters. The fourth-order valence-corrected chi connectivity index (χ4v) is 6.22. The number of hydrogen-bond acceptors (Lipinski definition) is 3. The minimum atomic E-state index is 1.31. The molecule has 23 heavy (non-hydrogen) atoms. The van der Waals surface area contributed by atoms with Crippen LogP contribution in [-0.2, 0) is 0 Å². The average molecular weight is 357 g/mol. The molecule has 3 aromatic rings. The van der Waals surface area contributed by atoms with E-state index >= 15 is 0 Å². The first-order valence-electron chi connectivity index (χ1n) is 7.53. The monoisotopic (exact) mass is 356 g/mol. The van der Waals surface area contributed by atoms with Crippen LogP contribution in [-0.4, -0.2) is 12.5 Å². The molecular weight excluding hydrogens is 336 g/mol. The number of thiophene rings is 1. The Bertz CT molecular complexity index is 728. The Hall–Kier alpha value is -1.16. The predicted octanol–water partition coefficient (Wildman–Crippen LogP) is 7.14. The van der Waals surface area contributed by atoms with Gasteiger partial charge in [-0.1, -0.05) is 59.7 Å². The second-order valence-electron chi connectivity index (χ2n) is 5.56. The maximum atomic E-state index is 2.24. The molecule has 0 fully saturated rings. The van der Waals surface area contributed by atoms with Gasteiger partial charge in [-0.05, 0) is 37.5 Å². The zero-order valence-corrected chi connectivity index (χ0v) is 16.3. The van der Waals surface area contributed by atoms with Crippen molar-refractivity contribution in [3.05, 3.63) is 59.7 Å². The van der Waals surface area contributed by atoms with Crippen molar-refractivity contribution in [1.29, 1.82) is 0 Å². The number of thioether (sulfide) groups is 2. The number of aryl methyl sites for hydroxylation is 2. The van der Waals surface area contributed by atoms with Crippen LogP contribution in [0.3, 0.4) is 0 Å². The van der Waals surface area contributed by atoms with E-state index in [-0.39, 0.29) is 0 Å². The molecule has 0 aliphatic heterocycles. The second-order valence-corrected chi connectivity index (χ2v) is 8.21. The highest BCUT2D eigenvalue weighted by molar-refractivity contribution is 8.02. The SMILES string of the molecule is CSc1c(-c2ccc(C)cc2)sc(-c2ccc(C)cc2)c1SC. The maximum Gasteiger partial charge on any atom is 0.0496 e. The van der Waals surface area contributed by atoms with Crippen molar-refractivity contribution in [2.75, 3.05) is 12.5 Å². The number of benzene rings is 2. The number of rotatable bonds is 4. The summed E-state index contributed by atoms with van der Waals surface area (Å²) in [7, 11) is 0. The van der Waals surface area contributed by atoms with Crippen LogP contribution in [0.1, 0.15) is 11.1 Å². The zero-order valence-electron chi connectivity index (χ0n) is 13.8. The van der Waals surface area contributed by atoms with Crippen LogP contribution in [0, 0.1) is 13.8 Å². The molecule has 0 aliphatic rings. The van der Waals surface area contributed by atoms with Gasteiger partial charge >= 0.3 is 0 Å². The summed E-state index contributed by atoms with van der Waals surface area (Å²) in [5.74, 6) is 0. The van der Waals surface area contributed by atoms with Crippen LogP contribution >= 0.6 is 34.9 Å². The minimum Gasteiger partial charge on any atom is -0.133 e. The lowest BCUT2D eigenvalue weighted by Crippen LogP contribution is -1.79. The summed E-state index contributed by atoms with van der Waals surface area (Å²) in [5.41, 5.74) is 5.25.